The molecule has 1 heterocycles. The molecule has 0 spiro atoms. The molecule has 0 fully saturated rings. The molecular weight excluding hydrogens is 334 g/mol. The van der Waals surface area contributed by atoms with Gasteiger partial charge in [-0.25, -0.2) is 0 Å². The van der Waals surface area contributed by atoms with Gasteiger partial charge in [0.05, 0.1) is 16.3 Å². The molecule has 0 atom stereocenters. The van der Waals surface area contributed by atoms with E-state index in [-0.39, 0.29) is 10.6 Å². The second kappa shape index (κ2) is 5.37. The minimum atomic E-state index is -0.374. The average molecular weight is 348 g/mol. The molecule has 2 aromatic rings. The minimum Gasteiger partial charge on any atom is -0.397 e. The Morgan fingerprint density at radius 1 is 1.33 bits per heavy atom. The topological polar surface area (TPSA) is 72.4 Å². The van der Waals surface area contributed by atoms with E-state index >= 15 is 0 Å². The van der Waals surface area contributed by atoms with Gasteiger partial charge in [-0.3, -0.25) is 10.1 Å². The molecule has 2 N–H and O–H groups in total. The lowest BCUT2D eigenvalue weighted by molar-refractivity contribution is -0.385. The first-order valence-electron chi connectivity index (χ1n) is 6.61. The van der Waals surface area contributed by atoms with Crippen LogP contribution in [0.5, 0.6) is 0 Å². The van der Waals surface area contributed by atoms with Crippen LogP contribution in [0.4, 0.5) is 17.1 Å². The van der Waals surface area contributed by atoms with E-state index in [4.69, 9.17) is 5.73 Å². The van der Waals surface area contributed by atoms with Crippen LogP contribution >= 0.6 is 15.9 Å². The molecule has 0 aromatic heterocycles. The quantitative estimate of drug-likeness (QED) is 0.523. The zero-order valence-electron chi connectivity index (χ0n) is 11.3. The number of fused-ring (bicyclic) bond motifs is 1. The molecule has 2 aromatic carbocycles. The van der Waals surface area contributed by atoms with Crippen LogP contribution in [0, 0.1) is 10.1 Å². The summed E-state index contributed by atoms with van der Waals surface area (Å²) in [7, 11) is 0. The Morgan fingerprint density at radius 2 is 2.14 bits per heavy atom. The number of non-ortho nitro benzene ring substituents is 1. The molecular formula is C15H14BrN3O2. The van der Waals surface area contributed by atoms with Crippen LogP contribution in [0.2, 0.25) is 0 Å². The van der Waals surface area contributed by atoms with E-state index in [2.05, 4.69) is 26.9 Å². The number of hydrogen-bond donors (Lipinski definition) is 1. The summed E-state index contributed by atoms with van der Waals surface area (Å²) in [6.45, 7) is 1.49. The smallest absolute Gasteiger partial charge is 0.270 e. The van der Waals surface area contributed by atoms with Crippen LogP contribution < -0.4 is 10.6 Å². The fraction of sp³-hybridized carbons (Fsp3) is 0.200. The molecule has 0 amide bonds. The van der Waals surface area contributed by atoms with Crippen LogP contribution in [-0.2, 0) is 13.0 Å². The van der Waals surface area contributed by atoms with Crippen molar-refractivity contribution in [1.82, 2.24) is 0 Å². The lowest BCUT2D eigenvalue weighted by atomic mass is 10.1. The second-order valence-corrected chi connectivity index (χ2v) is 6.02. The fourth-order valence-corrected chi connectivity index (χ4v) is 3.30. The van der Waals surface area contributed by atoms with Crippen molar-refractivity contribution in [3.8, 4) is 0 Å². The summed E-state index contributed by atoms with van der Waals surface area (Å²) in [4.78, 5) is 12.7. The van der Waals surface area contributed by atoms with Crippen molar-refractivity contribution in [3.05, 3.63) is 62.1 Å². The van der Waals surface area contributed by atoms with Crippen LogP contribution in [0.25, 0.3) is 0 Å². The number of nitrogen functional groups attached to an aromatic ring is 1. The maximum Gasteiger partial charge on any atom is 0.270 e. The first-order valence-corrected chi connectivity index (χ1v) is 7.40. The number of nitrogens with two attached hydrogens (primary N) is 1. The van der Waals surface area contributed by atoms with Crippen molar-refractivity contribution >= 4 is 33.0 Å². The Bertz CT molecular complexity index is 718. The van der Waals surface area contributed by atoms with Gasteiger partial charge in [0.15, 0.2) is 0 Å². The van der Waals surface area contributed by atoms with Gasteiger partial charge in [-0.1, -0.05) is 28.1 Å². The number of rotatable bonds is 3. The third-order valence-corrected chi connectivity index (χ3v) is 4.10. The van der Waals surface area contributed by atoms with Gasteiger partial charge in [-0.15, -0.1) is 0 Å². The Morgan fingerprint density at radius 3 is 2.90 bits per heavy atom. The van der Waals surface area contributed by atoms with Crippen molar-refractivity contribution in [1.29, 1.82) is 0 Å². The van der Waals surface area contributed by atoms with E-state index in [9.17, 15) is 10.1 Å². The second-order valence-electron chi connectivity index (χ2n) is 5.10. The summed E-state index contributed by atoms with van der Waals surface area (Å²) in [5.74, 6) is 0. The van der Waals surface area contributed by atoms with Gasteiger partial charge < -0.3 is 10.6 Å². The van der Waals surface area contributed by atoms with Gasteiger partial charge >= 0.3 is 0 Å². The molecule has 5 nitrogen and oxygen atoms in total. The molecule has 1 aliphatic heterocycles. The first-order chi connectivity index (χ1) is 10.0. The minimum absolute atomic E-state index is 0.0971. The number of anilines is 2. The Kier molecular flexibility index (Phi) is 3.55. The number of benzene rings is 2. The largest absolute Gasteiger partial charge is 0.397 e. The maximum atomic E-state index is 10.9. The summed E-state index contributed by atoms with van der Waals surface area (Å²) in [5, 5.41) is 10.9. The molecule has 108 valence electrons. The molecule has 6 heteroatoms. The number of nitrogens with zero attached hydrogens (tertiary/aromatic N) is 2. The predicted molar refractivity (Wildman–Crippen MR) is 86.4 cm³/mol. The predicted octanol–water partition coefficient (Wildman–Crippen LogP) is 3.50. The first kappa shape index (κ1) is 13.9. The Balaban J connectivity index is 1.91. The SMILES string of the molecule is Nc1cccc2c1N(Cc1cc(Br)cc([N+](=O)[O-])c1)CC2. The van der Waals surface area contributed by atoms with Gasteiger partial charge in [0, 0.05) is 29.7 Å². The van der Waals surface area contributed by atoms with Crippen LogP contribution in [-0.4, -0.2) is 11.5 Å². The highest BCUT2D eigenvalue weighted by Gasteiger charge is 2.22. The zero-order valence-corrected chi connectivity index (χ0v) is 12.8. The number of nitro groups is 1. The monoisotopic (exact) mass is 347 g/mol. The van der Waals surface area contributed by atoms with Gasteiger partial charge in [-0.05, 0) is 29.7 Å². The zero-order chi connectivity index (χ0) is 15.0. The van der Waals surface area contributed by atoms with Gasteiger partial charge in [0.2, 0.25) is 0 Å². The molecule has 0 saturated heterocycles. The molecule has 1 aliphatic rings. The third kappa shape index (κ3) is 2.71. The molecule has 0 bridgehead atoms. The molecule has 0 radical (unpaired) electrons. The molecule has 0 saturated carbocycles. The van der Waals surface area contributed by atoms with Gasteiger partial charge in [-0.2, -0.15) is 0 Å². The lowest BCUT2D eigenvalue weighted by Gasteiger charge is -2.21. The van der Waals surface area contributed by atoms with Crippen LogP contribution in [0.3, 0.4) is 0 Å². The number of halogens is 1. The maximum absolute atomic E-state index is 10.9. The highest BCUT2D eigenvalue weighted by Crippen LogP contribution is 2.35. The van der Waals surface area contributed by atoms with Crippen LogP contribution in [0.15, 0.2) is 40.9 Å². The highest BCUT2D eigenvalue weighted by molar-refractivity contribution is 9.10. The van der Waals surface area contributed by atoms with Gasteiger partial charge in [0.25, 0.3) is 5.69 Å². The van der Waals surface area contributed by atoms with E-state index < -0.39 is 0 Å². The van der Waals surface area contributed by atoms with Crippen molar-refractivity contribution in [2.75, 3.05) is 17.2 Å². The summed E-state index contributed by atoms with van der Waals surface area (Å²) in [6, 6.07) is 11.0. The highest BCUT2D eigenvalue weighted by atomic mass is 79.9. The van der Waals surface area contributed by atoms with E-state index in [1.807, 2.05) is 18.2 Å². The Labute approximate surface area is 130 Å². The van der Waals surface area contributed by atoms with Crippen molar-refractivity contribution < 1.29 is 4.92 Å². The van der Waals surface area contributed by atoms with Crippen LogP contribution in [0.1, 0.15) is 11.1 Å². The van der Waals surface area contributed by atoms with Gasteiger partial charge in [0.1, 0.15) is 0 Å². The van der Waals surface area contributed by atoms with E-state index in [1.54, 1.807) is 6.07 Å². The van der Waals surface area contributed by atoms with E-state index in [0.717, 1.165) is 29.9 Å². The molecule has 3 rings (SSSR count). The van der Waals surface area contributed by atoms with E-state index in [1.165, 1.54) is 11.6 Å². The standard InChI is InChI=1S/C15H14BrN3O2/c16-12-6-10(7-13(8-12)19(20)21)9-18-5-4-11-2-1-3-14(17)15(11)18/h1-3,6-8H,4-5,9,17H2. The summed E-state index contributed by atoms with van der Waals surface area (Å²) >= 11 is 3.33. The number of nitro benzene ring substituents is 1. The number of para-hydroxylation sites is 1. The molecule has 21 heavy (non-hydrogen) atoms. The molecule has 0 aliphatic carbocycles. The van der Waals surface area contributed by atoms with Crippen molar-refractivity contribution in [2.45, 2.75) is 13.0 Å². The summed E-state index contributed by atoms with van der Waals surface area (Å²) < 4.78 is 0.715. The van der Waals surface area contributed by atoms with E-state index in [0.29, 0.717) is 11.0 Å². The fourth-order valence-electron chi connectivity index (χ4n) is 2.77. The van der Waals surface area contributed by atoms with Crippen molar-refractivity contribution in [2.24, 2.45) is 0 Å². The Hall–Kier alpha value is -2.08. The lowest BCUT2D eigenvalue weighted by Crippen LogP contribution is -2.20. The van der Waals surface area contributed by atoms with Crippen molar-refractivity contribution in [3.63, 3.8) is 0 Å². The third-order valence-electron chi connectivity index (χ3n) is 3.64. The summed E-state index contributed by atoms with van der Waals surface area (Å²) in [5.41, 5.74) is 10.1. The summed E-state index contributed by atoms with van der Waals surface area (Å²) in [6.07, 6.45) is 0.955. The average Bonchev–Trinajstić information content (AvgIpc) is 2.82. The normalized spacial score (nSPS) is 13.3. The number of hydrogen-bond acceptors (Lipinski definition) is 4. The molecule has 0 unspecified atom stereocenters.